The van der Waals surface area contributed by atoms with Crippen LogP contribution in [0.25, 0.3) is 0 Å². The van der Waals surface area contributed by atoms with Gasteiger partial charge in [-0.3, -0.25) is 4.99 Å². The number of benzene rings is 1. The molecule has 28 heavy (non-hydrogen) atoms. The zero-order chi connectivity index (χ0) is 19.6. The van der Waals surface area contributed by atoms with E-state index in [0.29, 0.717) is 24.8 Å². The number of hydrogen-bond acceptors (Lipinski definition) is 5. The topological polar surface area (TPSA) is 95.4 Å². The molecule has 8 nitrogen and oxygen atoms in total. The lowest BCUT2D eigenvalue weighted by atomic mass is 10.1. The molecule has 1 amide bonds. The third kappa shape index (κ3) is 7.34. The molecule has 1 aliphatic heterocycles. The summed E-state index contributed by atoms with van der Waals surface area (Å²) in [5.41, 5.74) is 0.764. The fourth-order valence-corrected chi connectivity index (χ4v) is 2.98. The van der Waals surface area contributed by atoms with Crippen LogP contribution in [0.2, 0.25) is 0 Å². The standard InChI is InChI=1S/C19H30N4O4.HI/c1-4-20-18(22-15-8-10-23(11-9-15)19(25)27-3)21-13-17(24)14-6-5-7-16(12-14)26-2;/h5-7,12,15,17,24H,4,8-11,13H2,1-3H3,(H2,20,21,22);1H. The number of amides is 1. The van der Waals surface area contributed by atoms with Crippen molar-refractivity contribution in [3.8, 4) is 5.75 Å². The normalized spacial score (nSPS) is 16.0. The van der Waals surface area contributed by atoms with E-state index in [-0.39, 0.29) is 42.7 Å². The van der Waals surface area contributed by atoms with Gasteiger partial charge in [-0.1, -0.05) is 12.1 Å². The van der Waals surface area contributed by atoms with Gasteiger partial charge in [0.1, 0.15) is 5.75 Å². The molecule has 0 bridgehead atoms. The van der Waals surface area contributed by atoms with Crippen LogP contribution in [0.4, 0.5) is 4.79 Å². The third-order valence-electron chi connectivity index (χ3n) is 4.51. The smallest absolute Gasteiger partial charge is 0.409 e. The molecule has 3 N–H and O–H groups in total. The van der Waals surface area contributed by atoms with E-state index in [0.717, 1.165) is 24.9 Å². The first-order valence-electron chi connectivity index (χ1n) is 9.27. The van der Waals surface area contributed by atoms with Crippen LogP contribution < -0.4 is 15.4 Å². The van der Waals surface area contributed by atoms with E-state index in [1.54, 1.807) is 12.0 Å². The molecule has 0 spiro atoms. The predicted octanol–water partition coefficient (Wildman–Crippen LogP) is 2.13. The summed E-state index contributed by atoms with van der Waals surface area (Å²) in [6, 6.07) is 7.57. The van der Waals surface area contributed by atoms with Crippen LogP contribution in [0, 0.1) is 0 Å². The average molecular weight is 506 g/mol. The van der Waals surface area contributed by atoms with Crippen molar-refractivity contribution in [1.29, 1.82) is 0 Å². The molecule has 1 aromatic rings. The van der Waals surface area contributed by atoms with Crippen molar-refractivity contribution in [2.45, 2.75) is 31.9 Å². The number of likely N-dealkylation sites (tertiary alicyclic amines) is 1. The highest BCUT2D eigenvalue weighted by Gasteiger charge is 2.23. The van der Waals surface area contributed by atoms with Crippen molar-refractivity contribution in [2.75, 3.05) is 40.4 Å². The Labute approximate surface area is 183 Å². The number of nitrogens with zero attached hydrogens (tertiary/aromatic N) is 2. The van der Waals surface area contributed by atoms with Crippen molar-refractivity contribution >= 4 is 36.0 Å². The van der Waals surface area contributed by atoms with E-state index in [1.807, 2.05) is 31.2 Å². The molecule has 1 aliphatic rings. The van der Waals surface area contributed by atoms with Crippen LogP contribution in [-0.4, -0.2) is 68.5 Å². The van der Waals surface area contributed by atoms with Gasteiger partial charge in [-0.05, 0) is 37.5 Å². The van der Waals surface area contributed by atoms with Gasteiger partial charge in [0.25, 0.3) is 0 Å². The Morgan fingerprint density at radius 2 is 2.07 bits per heavy atom. The number of rotatable bonds is 6. The summed E-state index contributed by atoms with van der Waals surface area (Å²) in [6.07, 6.45) is 0.641. The fourth-order valence-electron chi connectivity index (χ4n) is 2.98. The number of guanidine groups is 1. The summed E-state index contributed by atoms with van der Waals surface area (Å²) in [5, 5.41) is 17.0. The van der Waals surface area contributed by atoms with Gasteiger partial charge in [-0.2, -0.15) is 0 Å². The number of carbonyl (C=O) groups excluding carboxylic acids is 1. The summed E-state index contributed by atoms with van der Waals surface area (Å²) in [7, 11) is 3.00. The molecule has 1 fully saturated rings. The third-order valence-corrected chi connectivity index (χ3v) is 4.51. The molecular formula is C19H31IN4O4. The molecule has 2 rings (SSSR count). The quantitative estimate of drug-likeness (QED) is 0.311. The van der Waals surface area contributed by atoms with Crippen molar-refractivity contribution in [3.63, 3.8) is 0 Å². The first-order chi connectivity index (χ1) is 13.1. The van der Waals surface area contributed by atoms with Gasteiger partial charge < -0.3 is 30.1 Å². The van der Waals surface area contributed by atoms with Gasteiger partial charge in [0, 0.05) is 25.7 Å². The number of piperidine rings is 1. The largest absolute Gasteiger partial charge is 0.497 e. The summed E-state index contributed by atoms with van der Waals surface area (Å²) < 4.78 is 9.96. The van der Waals surface area contributed by atoms with Gasteiger partial charge in [-0.25, -0.2) is 4.79 Å². The molecule has 1 saturated heterocycles. The second-order valence-corrected chi connectivity index (χ2v) is 6.39. The molecule has 0 aromatic heterocycles. The number of carbonyl (C=O) groups is 1. The zero-order valence-corrected chi connectivity index (χ0v) is 19.0. The second-order valence-electron chi connectivity index (χ2n) is 6.39. The molecule has 1 heterocycles. The molecule has 1 aromatic carbocycles. The molecule has 158 valence electrons. The van der Waals surface area contributed by atoms with E-state index >= 15 is 0 Å². The minimum absolute atomic E-state index is 0. The Bertz CT molecular complexity index is 636. The number of hydrogen-bond donors (Lipinski definition) is 3. The second kappa shape index (κ2) is 12.7. The van der Waals surface area contributed by atoms with Crippen molar-refractivity contribution < 1.29 is 19.4 Å². The van der Waals surface area contributed by atoms with E-state index in [2.05, 4.69) is 15.6 Å². The number of aliphatic hydroxyl groups excluding tert-OH is 1. The lowest BCUT2D eigenvalue weighted by Crippen LogP contribution is -2.49. The molecular weight excluding hydrogens is 475 g/mol. The molecule has 0 aliphatic carbocycles. The first kappa shape index (κ1) is 24.3. The molecule has 9 heteroatoms. The fraction of sp³-hybridized carbons (Fsp3) is 0.579. The van der Waals surface area contributed by atoms with Crippen LogP contribution in [0.3, 0.4) is 0 Å². The number of nitrogens with one attached hydrogen (secondary N) is 2. The molecule has 1 unspecified atom stereocenters. The van der Waals surface area contributed by atoms with Crippen LogP contribution in [0.5, 0.6) is 5.75 Å². The molecule has 0 radical (unpaired) electrons. The number of ether oxygens (including phenoxy) is 2. The Kier molecular flexibility index (Phi) is 11.0. The van der Waals surface area contributed by atoms with Crippen LogP contribution >= 0.6 is 24.0 Å². The SMILES string of the molecule is CCNC(=NCC(O)c1cccc(OC)c1)NC1CCN(C(=O)OC)CC1.I. The Morgan fingerprint density at radius 3 is 2.68 bits per heavy atom. The number of halogens is 1. The Balaban J connectivity index is 0.00000392. The maximum Gasteiger partial charge on any atom is 0.409 e. The zero-order valence-electron chi connectivity index (χ0n) is 16.7. The minimum Gasteiger partial charge on any atom is -0.497 e. The molecule has 0 saturated carbocycles. The van der Waals surface area contributed by atoms with Crippen LogP contribution in [-0.2, 0) is 4.74 Å². The monoisotopic (exact) mass is 506 g/mol. The summed E-state index contributed by atoms with van der Waals surface area (Å²) in [4.78, 5) is 17.8. The summed E-state index contributed by atoms with van der Waals surface area (Å²) in [6.45, 7) is 4.26. The Hall–Kier alpha value is -1.75. The minimum atomic E-state index is -0.711. The maximum absolute atomic E-state index is 11.6. The van der Waals surface area contributed by atoms with E-state index in [4.69, 9.17) is 9.47 Å². The van der Waals surface area contributed by atoms with E-state index < -0.39 is 6.10 Å². The van der Waals surface area contributed by atoms with Crippen LogP contribution in [0.15, 0.2) is 29.3 Å². The molecule has 1 atom stereocenters. The number of aliphatic hydroxyl groups is 1. The van der Waals surface area contributed by atoms with Gasteiger partial charge in [0.15, 0.2) is 5.96 Å². The average Bonchev–Trinajstić information content (AvgIpc) is 2.71. The maximum atomic E-state index is 11.6. The van der Waals surface area contributed by atoms with Crippen LogP contribution in [0.1, 0.15) is 31.4 Å². The lowest BCUT2D eigenvalue weighted by molar-refractivity contribution is 0.111. The summed E-state index contributed by atoms with van der Waals surface area (Å²) in [5.74, 6) is 1.37. The predicted molar refractivity (Wildman–Crippen MR) is 119 cm³/mol. The number of aliphatic imine (C=N–C) groups is 1. The van der Waals surface area contributed by atoms with E-state index in [9.17, 15) is 9.90 Å². The Morgan fingerprint density at radius 1 is 1.36 bits per heavy atom. The van der Waals surface area contributed by atoms with Gasteiger partial charge in [0.05, 0.1) is 26.9 Å². The highest BCUT2D eigenvalue weighted by atomic mass is 127. The van der Waals surface area contributed by atoms with Crippen molar-refractivity contribution in [1.82, 2.24) is 15.5 Å². The van der Waals surface area contributed by atoms with E-state index in [1.165, 1.54) is 7.11 Å². The first-order valence-corrected chi connectivity index (χ1v) is 9.27. The highest BCUT2D eigenvalue weighted by Crippen LogP contribution is 2.19. The van der Waals surface area contributed by atoms with Crippen molar-refractivity contribution in [3.05, 3.63) is 29.8 Å². The number of methoxy groups -OCH3 is 2. The van der Waals surface area contributed by atoms with Gasteiger partial charge in [0.2, 0.25) is 0 Å². The lowest BCUT2D eigenvalue weighted by Gasteiger charge is -2.32. The highest BCUT2D eigenvalue weighted by molar-refractivity contribution is 14.0. The van der Waals surface area contributed by atoms with Gasteiger partial charge >= 0.3 is 6.09 Å². The van der Waals surface area contributed by atoms with Crippen molar-refractivity contribution in [2.24, 2.45) is 4.99 Å². The summed E-state index contributed by atoms with van der Waals surface area (Å²) >= 11 is 0. The van der Waals surface area contributed by atoms with Gasteiger partial charge in [-0.15, -0.1) is 24.0 Å².